The molecule has 0 bridgehead atoms. The highest BCUT2D eigenvalue weighted by Gasteiger charge is 2.26. The summed E-state index contributed by atoms with van der Waals surface area (Å²) in [6.45, 7) is 4.09. The van der Waals surface area contributed by atoms with Gasteiger partial charge in [-0.3, -0.25) is 4.90 Å². The fourth-order valence-corrected chi connectivity index (χ4v) is 2.76. The maximum absolute atomic E-state index is 6.09. The molecule has 1 aromatic heterocycles. The van der Waals surface area contributed by atoms with Crippen molar-refractivity contribution in [2.24, 2.45) is 5.73 Å². The van der Waals surface area contributed by atoms with E-state index in [1.165, 1.54) is 19.3 Å². The minimum Gasteiger partial charge on any atom is -0.481 e. The predicted octanol–water partition coefficient (Wildman–Crippen LogP) is 1.79. The zero-order chi connectivity index (χ0) is 13.0. The van der Waals surface area contributed by atoms with E-state index in [2.05, 4.69) is 22.9 Å². The first kappa shape index (κ1) is 13.3. The van der Waals surface area contributed by atoms with Gasteiger partial charge in [-0.15, -0.1) is 0 Å². The number of ether oxygens (including phenoxy) is 1. The van der Waals surface area contributed by atoms with Crippen LogP contribution in [0.2, 0.25) is 0 Å². The van der Waals surface area contributed by atoms with Crippen LogP contribution in [0.1, 0.15) is 31.7 Å². The van der Waals surface area contributed by atoms with Crippen LogP contribution >= 0.6 is 0 Å². The number of nitrogens with zero attached hydrogens (tertiary/aromatic N) is 2. The van der Waals surface area contributed by atoms with Crippen molar-refractivity contribution in [2.45, 2.75) is 44.8 Å². The molecular weight excluding hydrogens is 226 g/mol. The zero-order valence-corrected chi connectivity index (χ0v) is 11.3. The summed E-state index contributed by atoms with van der Waals surface area (Å²) in [7, 11) is 1.67. The Labute approximate surface area is 109 Å². The standard InChI is InChI=1S/C14H23N3O/c1-11(15)13-7-3-4-9-17(13)10-12-6-5-8-16-14(12)18-2/h5-6,8,11,13H,3-4,7,9-10,15H2,1-2H3. The number of hydrogen-bond acceptors (Lipinski definition) is 4. The Bertz CT molecular complexity index is 381. The number of nitrogens with two attached hydrogens (primary N) is 1. The van der Waals surface area contributed by atoms with Crippen LogP contribution in [0.4, 0.5) is 0 Å². The topological polar surface area (TPSA) is 51.4 Å². The molecule has 2 atom stereocenters. The van der Waals surface area contributed by atoms with Crippen LogP contribution < -0.4 is 10.5 Å². The van der Waals surface area contributed by atoms with Gasteiger partial charge in [0.05, 0.1) is 7.11 Å². The molecule has 1 saturated heterocycles. The number of methoxy groups -OCH3 is 1. The smallest absolute Gasteiger partial charge is 0.217 e. The molecule has 1 aromatic rings. The first-order chi connectivity index (χ1) is 8.72. The third-order valence-corrected chi connectivity index (χ3v) is 3.69. The highest BCUT2D eigenvalue weighted by Crippen LogP contribution is 2.24. The highest BCUT2D eigenvalue weighted by molar-refractivity contribution is 5.25. The van der Waals surface area contributed by atoms with Crippen LogP contribution in [0.5, 0.6) is 5.88 Å². The number of aromatic nitrogens is 1. The number of rotatable bonds is 4. The Morgan fingerprint density at radius 3 is 3.11 bits per heavy atom. The summed E-state index contributed by atoms with van der Waals surface area (Å²) in [6, 6.07) is 4.73. The molecule has 2 unspecified atom stereocenters. The maximum Gasteiger partial charge on any atom is 0.217 e. The molecule has 2 heterocycles. The quantitative estimate of drug-likeness (QED) is 0.884. The first-order valence-corrected chi connectivity index (χ1v) is 6.70. The summed E-state index contributed by atoms with van der Waals surface area (Å²) in [6.07, 6.45) is 5.50. The Kier molecular flexibility index (Phi) is 4.55. The summed E-state index contributed by atoms with van der Waals surface area (Å²) in [5.41, 5.74) is 7.24. The summed E-state index contributed by atoms with van der Waals surface area (Å²) < 4.78 is 5.31. The lowest BCUT2D eigenvalue weighted by molar-refractivity contribution is 0.121. The van der Waals surface area contributed by atoms with Gasteiger partial charge in [0.15, 0.2) is 0 Å². The van der Waals surface area contributed by atoms with E-state index in [1.807, 2.05) is 6.07 Å². The molecule has 0 aliphatic carbocycles. The molecule has 2 N–H and O–H groups in total. The Hall–Kier alpha value is -1.13. The number of hydrogen-bond donors (Lipinski definition) is 1. The average molecular weight is 249 g/mol. The van der Waals surface area contributed by atoms with E-state index in [0.29, 0.717) is 6.04 Å². The molecule has 1 fully saturated rings. The molecular formula is C14H23N3O. The van der Waals surface area contributed by atoms with Crippen LogP contribution in [0.25, 0.3) is 0 Å². The van der Waals surface area contributed by atoms with Crippen molar-refractivity contribution in [1.82, 2.24) is 9.88 Å². The molecule has 100 valence electrons. The second kappa shape index (κ2) is 6.16. The van der Waals surface area contributed by atoms with E-state index in [1.54, 1.807) is 13.3 Å². The van der Waals surface area contributed by atoms with Crippen LogP contribution in [-0.4, -0.2) is 35.6 Å². The van der Waals surface area contributed by atoms with E-state index in [-0.39, 0.29) is 6.04 Å². The van der Waals surface area contributed by atoms with Gasteiger partial charge in [0, 0.05) is 30.4 Å². The van der Waals surface area contributed by atoms with Crippen LogP contribution in [0.3, 0.4) is 0 Å². The van der Waals surface area contributed by atoms with Crippen molar-refractivity contribution in [3.8, 4) is 5.88 Å². The van der Waals surface area contributed by atoms with E-state index in [0.717, 1.165) is 24.5 Å². The minimum atomic E-state index is 0.216. The summed E-state index contributed by atoms with van der Waals surface area (Å²) in [5.74, 6) is 0.728. The van der Waals surface area contributed by atoms with Gasteiger partial charge in [0.1, 0.15) is 0 Å². The lowest BCUT2D eigenvalue weighted by Crippen LogP contribution is -2.48. The highest BCUT2D eigenvalue weighted by atomic mass is 16.5. The molecule has 0 radical (unpaired) electrons. The van der Waals surface area contributed by atoms with Gasteiger partial charge in [0.2, 0.25) is 5.88 Å². The first-order valence-electron chi connectivity index (χ1n) is 6.70. The van der Waals surface area contributed by atoms with E-state index >= 15 is 0 Å². The molecule has 0 spiro atoms. The third kappa shape index (κ3) is 3.00. The van der Waals surface area contributed by atoms with Gasteiger partial charge in [-0.25, -0.2) is 4.98 Å². The normalized spacial score (nSPS) is 22.7. The van der Waals surface area contributed by atoms with Gasteiger partial charge in [0.25, 0.3) is 0 Å². The largest absolute Gasteiger partial charge is 0.481 e. The second-order valence-corrected chi connectivity index (χ2v) is 5.06. The van der Waals surface area contributed by atoms with Gasteiger partial charge < -0.3 is 10.5 Å². The van der Waals surface area contributed by atoms with Crippen molar-refractivity contribution in [3.05, 3.63) is 23.9 Å². The van der Waals surface area contributed by atoms with Crippen LogP contribution in [-0.2, 0) is 6.54 Å². The molecule has 0 aromatic carbocycles. The average Bonchev–Trinajstić information content (AvgIpc) is 2.40. The summed E-state index contributed by atoms with van der Waals surface area (Å²) in [4.78, 5) is 6.72. The van der Waals surface area contributed by atoms with Gasteiger partial charge in [-0.1, -0.05) is 12.5 Å². The third-order valence-electron chi connectivity index (χ3n) is 3.69. The van der Waals surface area contributed by atoms with Crippen molar-refractivity contribution in [2.75, 3.05) is 13.7 Å². The van der Waals surface area contributed by atoms with E-state index in [4.69, 9.17) is 10.5 Å². The summed E-state index contributed by atoms with van der Waals surface area (Å²) >= 11 is 0. The molecule has 18 heavy (non-hydrogen) atoms. The Morgan fingerprint density at radius 2 is 2.39 bits per heavy atom. The van der Waals surface area contributed by atoms with E-state index < -0.39 is 0 Å². The fraction of sp³-hybridized carbons (Fsp3) is 0.643. The number of piperidine rings is 1. The molecule has 4 nitrogen and oxygen atoms in total. The van der Waals surface area contributed by atoms with Crippen molar-refractivity contribution in [1.29, 1.82) is 0 Å². The van der Waals surface area contributed by atoms with Crippen LogP contribution in [0, 0.1) is 0 Å². The van der Waals surface area contributed by atoms with Crippen molar-refractivity contribution in [3.63, 3.8) is 0 Å². The van der Waals surface area contributed by atoms with E-state index in [9.17, 15) is 0 Å². The molecule has 4 heteroatoms. The lowest BCUT2D eigenvalue weighted by atomic mass is 9.96. The lowest BCUT2D eigenvalue weighted by Gasteiger charge is -2.38. The Balaban J connectivity index is 2.11. The second-order valence-electron chi connectivity index (χ2n) is 5.06. The number of likely N-dealkylation sites (tertiary alicyclic amines) is 1. The summed E-state index contributed by atoms with van der Waals surface area (Å²) in [5, 5.41) is 0. The van der Waals surface area contributed by atoms with Crippen molar-refractivity contribution >= 4 is 0 Å². The number of pyridine rings is 1. The molecule has 2 rings (SSSR count). The minimum absolute atomic E-state index is 0.216. The molecule has 0 amide bonds. The van der Waals surface area contributed by atoms with Gasteiger partial charge in [-0.2, -0.15) is 0 Å². The van der Waals surface area contributed by atoms with Gasteiger partial charge in [-0.05, 0) is 32.4 Å². The monoisotopic (exact) mass is 249 g/mol. The van der Waals surface area contributed by atoms with Crippen LogP contribution in [0.15, 0.2) is 18.3 Å². The zero-order valence-electron chi connectivity index (χ0n) is 11.3. The predicted molar refractivity (Wildman–Crippen MR) is 72.5 cm³/mol. The molecule has 0 saturated carbocycles. The Morgan fingerprint density at radius 1 is 1.56 bits per heavy atom. The fourth-order valence-electron chi connectivity index (χ4n) is 2.76. The molecule has 1 aliphatic heterocycles. The molecule has 1 aliphatic rings. The van der Waals surface area contributed by atoms with Gasteiger partial charge >= 0.3 is 0 Å². The maximum atomic E-state index is 6.09. The van der Waals surface area contributed by atoms with Crippen molar-refractivity contribution < 1.29 is 4.74 Å². The SMILES string of the molecule is COc1ncccc1CN1CCCCC1C(C)N.